The molecule has 2 aromatic rings. The van der Waals surface area contributed by atoms with Gasteiger partial charge in [0, 0.05) is 0 Å². The van der Waals surface area contributed by atoms with Gasteiger partial charge in [0.05, 0.1) is 0 Å². The fourth-order valence-electron chi connectivity index (χ4n) is 3.42. The molecule has 1 fully saturated rings. The van der Waals surface area contributed by atoms with Crippen molar-refractivity contribution in [2.45, 2.75) is 46.0 Å². The van der Waals surface area contributed by atoms with E-state index in [0.29, 0.717) is 5.92 Å². The lowest BCUT2D eigenvalue weighted by Gasteiger charge is -2.22. The van der Waals surface area contributed by atoms with E-state index in [1.165, 1.54) is 30.4 Å². The Labute approximate surface area is 150 Å². The van der Waals surface area contributed by atoms with E-state index in [9.17, 15) is 10.2 Å². The Morgan fingerprint density at radius 1 is 0.920 bits per heavy atom. The Bertz CT molecular complexity index is 674. The van der Waals surface area contributed by atoms with Gasteiger partial charge in [-0.05, 0) is 72.1 Å². The average molecular weight is 336 g/mol. The molecule has 1 aliphatic carbocycles. The molecule has 2 nitrogen and oxygen atoms in total. The summed E-state index contributed by atoms with van der Waals surface area (Å²) < 4.78 is 0. The van der Waals surface area contributed by atoms with Crippen LogP contribution in [0.25, 0.3) is 5.57 Å². The first-order valence-corrected chi connectivity index (χ1v) is 9.40. The number of allylic oxidation sites excluding steroid dienone is 1. The number of rotatable bonds is 7. The number of phenols is 2. The third-order valence-electron chi connectivity index (χ3n) is 5.36. The summed E-state index contributed by atoms with van der Waals surface area (Å²) in [6.45, 7) is 4.55. The first-order chi connectivity index (χ1) is 12.1. The van der Waals surface area contributed by atoms with Crippen LogP contribution >= 0.6 is 0 Å². The summed E-state index contributed by atoms with van der Waals surface area (Å²) in [5, 5.41) is 19.3. The monoisotopic (exact) mass is 336 g/mol. The maximum absolute atomic E-state index is 9.67. The maximum Gasteiger partial charge on any atom is 0.115 e. The van der Waals surface area contributed by atoms with Gasteiger partial charge in [0.25, 0.3) is 0 Å². The van der Waals surface area contributed by atoms with Crippen molar-refractivity contribution in [1.29, 1.82) is 0 Å². The van der Waals surface area contributed by atoms with Crippen molar-refractivity contribution >= 4 is 5.57 Å². The largest absolute Gasteiger partial charge is 0.508 e. The van der Waals surface area contributed by atoms with Crippen LogP contribution in [0.2, 0.25) is 0 Å². The minimum absolute atomic E-state index is 0.289. The normalized spacial score (nSPS) is 15.0. The zero-order chi connectivity index (χ0) is 17.8. The lowest BCUT2D eigenvalue weighted by Crippen LogP contribution is -2.04. The second-order valence-corrected chi connectivity index (χ2v) is 7.29. The first kappa shape index (κ1) is 17.6. The van der Waals surface area contributed by atoms with Crippen LogP contribution in [0.15, 0.2) is 54.1 Å². The van der Waals surface area contributed by atoms with Crippen molar-refractivity contribution in [3.63, 3.8) is 0 Å². The van der Waals surface area contributed by atoms with Crippen LogP contribution in [0.3, 0.4) is 0 Å². The predicted molar refractivity (Wildman–Crippen MR) is 104 cm³/mol. The molecule has 0 aliphatic heterocycles. The van der Waals surface area contributed by atoms with Crippen molar-refractivity contribution < 1.29 is 10.2 Å². The molecule has 0 amide bonds. The van der Waals surface area contributed by atoms with E-state index >= 15 is 0 Å². The molecule has 1 aliphatic rings. The van der Waals surface area contributed by atoms with E-state index in [2.05, 4.69) is 13.8 Å². The van der Waals surface area contributed by atoms with Crippen LogP contribution in [-0.4, -0.2) is 10.2 Å². The lowest BCUT2D eigenvalue weighted by molar-refractivity contribution is 0.475. The summed E-state index contributed by atoms with van der Waals surface area (Å²) in [7, 11) is 0. The third-order valence-corrected chi connectivity index (χ3v) is 5.36. The van der Waals surface area contributed by atoms with Gasteiger partial charge in [-0.2, -0.15) is 0 Å². The maximum atomic E-state index is 9.67. The van der Waals surface area contributed by atoms with Crippen molar-refractivity contribution in [2.24, 2.45) is 11.8 Å². The molecule has 2 N–H and O–H groups in total. The van der Waals surface area contributed by atoms with Crippen molar-refractivity contribution in [3.8, 4) is 11.5 Å². The van der Waals surface area contributed by atoms with E-state index in [1.807, 2.05) is 24.3 Å². The summed E-state index contributed by atoms with van der Waals surface area (Å²) in [4.78, 5) is 0. The van der Waals surface area contributed by atoms with E-state index in [1.54, 1.807) is 24.3 Å². The highest BCUT2D eigenvalue weighted by molar-refractivity contribution is 5.82. The molecular formula is C23H28O2. The van der Waals surface area contributed by atoms with Gasteiger partial charge < -0.3 is 10.2 Å². The summed E-state index contributed by atoms with van der Waals surface area (Å²) in [6.07, 6.45) is 6.25. The van der Waals surface area contributed by atoms with Gasteiger partial charge in [-0.25, -0.2) is 0 Å². The molecule has 0 spiro atoms. The first-order valence-electron chi connectivity index (χ1n) is 9.40. The fraction of sp³-hybridized carbons (Fsp3) is 0.391. The lowest BCUT2D eigenvalue weighted by atomic mass is 9.83. The zero-order valence-corrected chi connectivity index (χ0v) is 15.2. The molecule has 132 valence electrons. The molecule has 0 saturated heterocycles. The number of phenolic OH excluding ortho intramolecular Hbond substituents is 2. The average Bonchev–Trinajstić information content (AvgIpc) is 3.44. The molecule has 0 heterocycles. The van der Waals surface area contributed by atoms with Crippen molar-refractivity contribution in [1.82, 2.24) is 0 Å². The van der Waals surface area contributed by atoms with E-state index in [4.69, 9.17) is 0 Å². The van der Waals surface area contributed by atoms with Crippen molar-refractivity contribution in [3.05, 3.63) is 65.2 Å². The van der Waals surface area contributed by atoms with Crippen LogP contribution in [0, 0.1) is 11.8 Å². The van der Waals surface area contributed by atoms with Gasteiger partial charge in [0.15, 0.2) is 0 Å². The molecule has 1 unspecified atom stereocenters. The molecule has 25 heavy (non-hydrogen) atoms. The summed E-state index contributed by atoms with van der Waals surface area (Å²) in [6, 6.07) is 15.0. The Morgan fingerprint density at radius 2 is 1.40 bits per heavy atom. The SMILES string of the molecule is CCC(C)C(CCC1CC1)=C(c1ccc(O)cc1)c1ccc(O)cc1. The van der Waals surface area contributed by atoms with Crippen LogP contribution in [0.5, 0.6) is 11.5 Å². The Balaban J connectivity index is 2.10. The highest BCUT2D eigenvalue weighted by Crippen LogP contribution is 2.40. The molecule has 1 saturated carbocycles. The Kier molecular flexibility index (Phi) is 5.47. The summed E-state index contributed by atoms with van der Waals surface area (Å²) in [5.74, 6) is 1.99. The molecule has 0 radical (unpaired) electrons. The predicted octanol–water partition coefficient (Wildman–Crippen LogP) is 6.14. The van der Waals surface area contributed by atoms with Crippen LogP contribution in [-0.2, 0) is 0 Å². The van der Waals surface area contributed by atoms with Gasteiger partial charge in [-0.1, -0.05) is 56.5 Å². The van der Waals surface area contributed by atoms with Crippen molar-refractivity contribution in [2.75, 3.05) is 0 Å². The third kappa shape index (κ3) is 4.45. The minimum Gasteiger partial charge on any atom is -0.508 e. The van der Waals surface area contributed by atoms with Gasteiger partial charge >= 0.3 is 0 Å². The second-order valence-electron chi connectivity index (χ2n) is 7.29. The molecule has 1 atom stereocenters. The fourth-order valence-corrected chi connectivity index (χ4v) is 3.42. The Hall–Kier alpha value is -2.22. The Morgan fingerprint density at radius 3 is 1.80 bits per heavy atom. The van der Waals surface area contributed by atoms with Gasteiger partial charge in [-0.15, -0.1) is 0 Å². The smallest absolute Gasteiger partial charge is 0.115 e. The van der Waals surface area contributed by atoms with Gasteiger partial charge in [0.2, 0.25) is 0 Å². The molecular weight excluding hydrogens is 308 g/mol. The van der Waals surface area contributed by atoms with Crippen LogP contribution in [0.4, 0.5) is 0 Å². The van der Waals surface area contributed by atoms with Gasteiger partial charge in [-0.3, -0.25) is 0 Å². The molecule has 2 aromatic carbocycles. The highest BCUT2D eigenvalue weighted by atomic mass is 16.3. The van der Waals surface area contributed by atoms with E-state index in [-0.39, 0.29) is 11.5 Å². The molecule has 0 bridgehead atoms. The summed E-state index contributed by atoms with van der Waals surface area (Å²) >= 11 is 0. The molecule has 3 rings (SSSR count). The van der Waals surface area contributed by atoms with E-state index < -0.39 is 0 Å². The second kappa shape index (κ2) is 7.77. The molecule has 2 heteroatoms. The van der Waals surface area contributed by atoms with Gasteiger partial charge in [0.1, 0.15) is 11.5 Å². The standard InChI is InChI=1S/C23H28O2/c1-3-16(2)22(15-6-17-4-5-17)23(18-7-11-20(24)12-8-18)19-9-13-21(25)14-10-19/h7-14,16-17,24-25H,3-6,15H2,1-2H3. The van der Waals surface area contributed by atoms with E-state index in [0.717, 1.165) is 29.9 Å². The number of hydrogen-bond donors (Lipinski definition) is 2. The van der Waals surface area contributed by atoms with Crippen LogP contribution in [0.1, 0.15) is 57.1 Å². The number of benzene rings is 2. The minimum atomic E-state index is 0.289. The van der Waals surface area contributed by atoms with Crippen LogP contribution < -0.4 is 0 Å². The summed E-state index contributed by atoms with van der Waals surface area (Å²) in [5.41, 5.74) is 5.02. The topological polar surface area (TPSA) is 40.5 Å². The number of hydrogen-bond acceptors (Lipinski definition) is 2. The molecule has 0 aromatic heterocycles. The number of aromatic hydroxyl groups is 2. The highest BCUT2D eigenvalue weighted by Gasteiger charge is 2.24. The quantitative estimate of drug-likeness (QED) is 0.638. The zero-order valence-electron chi connectivity index (χ0n) is 15.2.